The Balaban J connectivity index is 1.15. The molecule has 0 aliphatic carbocycles. The van der Waals surface area contributed by atoms with Gasteiger partial charge in [0.2, 0.25) is 5.91 Å². The van der Waals surface area contributed by atoms with E-state index in [2.05, 4.69) is 15.5 Å². The van der Waals surface area contributed by atoms with Gasteiger partial charge in [0, 0.05) is 37.9 Å². The fourth-order valence-corrected chi connectivity index (χ4v) is 5.71. The number of hydrogen-bond donors (Lipinski definition) is 2. The molecule has 2 N–H and O–H groups in total. The minimum Gasteiger partial charge on any atom is -0.497 e. The number of rotatable bonds is 9. The lowest BCUT2D eigenvalue weighted by Gasteiger charge is -2.42. The van der Waals surface area contributed by atoms with Gasteiger partial charge in [0.05, 0.1) is 44.5 Å². The molecule has 0 radical (unpaired) electrons. The number of nitrogens with one attached hydrogen (secondary N) is 2. The van der Waals surface area contributed by atoms with Crippen LogP contribution in [-0.4, -0.2) is 106 Å². The zero-order valence-electron chi connectivity index (χ0n) is 24.3. The summed E-state index contributed by atoms with van der Waals surface area (Å²) in [5.74, 6) is 0.461. The molecule has 0 unspecified atom stereocenters. The molecule has 42 heavy (non-hydrogen) atoms. The van der Waals surface area contributed by atoms with Gasteiger partial charge in [-0.25, -0.2) is 0 Å². The van der Waals surface area contributed by atoms with Gasteiger partial charge in [-0.2, -0.15) is 0 Å². The number of fused-ring (bicyclic) bond motifs is 2. The van der Waals surface area contributed by atoms with Gasteiger partial charge in [-0.1, -0.05) is 6.07 Å². The fraction of sp³-hybridized carbons (Fsp3) is 0.516. The average Bonchev–Trinajstić information content (AvgIpc) is 3.02. The van der Waals surface area contributed by atoms with Crippen LogP contribution in [-0.2, 0) is 14.3 Å². The van der Waals surface area contributed by atoms with E-state index < -0.39 is 0 Å². The summed E-state index contributed by atoms with van der Waals surface area (Å²) in [4.78, 5) is 43.0. The van der Waals surface area contributed by atoms with Gasteiger partial charge < -0.3 is 34.5 Å². The summed E-state index contributed by atoms with van der Waals surface area (Å²) in [6, 6.07) is 11.7. The molecule has 11 nitrogen and oxygen atoms in total. The highest BCUT2D eigenvalue weighted by molar-refractivity contribution is 6.05. The Hall–Kier alpha value is -3.67. The number of nitrogens with zero attached hydrogens (tertiary/aromatic N) is 2. The van der Waals surface area contributed by atoms with E-state index in [1.165, 1.54) is 0 Å². The molecule has 2 aromatic rings. The van der Waals surface area contributed by atoms with Gasteiger partial charge in [-0.3, -0.25) is 19.3 Å². The average molecular weight is 581 g/mol. The first-order valence-electron chi connectivity index (χ1n) is 14.6. The topological polar surface area (TPSA) is 119 Å². The molecule has 3 aliphatic heterocycles. The maximum absolute atomic E-state index is 13.5. The summed E-state index contributed by atoms with van der Waals surface area (Å²) in [5.41, 5.74) is 1.30. The van der Waals surface area contributed by atoms with Crippen LogP contribution in [0.1, 0.15) is 46.4 Å². The van der Waals surface area contributed by atoms with E-state index in [0.717, 1.165) is 39.3 Å². The van der Waals surface area contributed by atoms with Crippen LogP contribution in [0.5, 0.6) is 11.5 Å². The Labute approximate surface area is 246 Å². The van der Waals surface area contributed by atoms with Crippen LogP contribution in [0.3, 0.4) is 0 Å². The van der Waals surface area contributed by atoms with Crippen molar-refractivity contribution in [3.63, 3.8) is 0 Å². The van der Waals surface area contributed by atoms with Crippen molar-refractivity contribution in [3.8, 4) is 11.5 Å². The first-order valence-corrected chi connectivity index (χ1v) is 14.6. The van der Waals surface area contributed by atoms with E-state index in [4.69, 9.17) is 18.9 Å². The molecule has 0 bridgehead atoms. The third-order valence-electron chi connectivity index (χ3n) is 8.09. The lowest BCUT2D eigenvalue weighted by atomic mass is 9.94. The first-order chi connectivity index (χ1) is 20.4. The van der Waals surface area contributed by atoms with E-state index in [1.807, 2.05) is 0 Å². The second-order valence-corrected chi connectivity index (χ2v) is 10.9. The summed E-state index contributed by atoms with van der Waals surface area (Å²) in [7, 11) is 3.31. The van der Waals surface area contributed by atoms with Crippen molar-refractivity contribution >= 4 is 23.4 Å². The summed E-state index contributed by atoms with van der Waals surface area (Å²) < 4.78 is 23.0. The van der Waals surface area contributed by atoms with E-state index >= 15 is 0 Å². The Kier molecular flexibility index (Phi) is 9.93. The predicted molar refractivity (Wildman–Crippen MR) is 156 cm³/mol. The van der Waals surface area contributed by atoms with Gasteiger partial charge in [-0.05, 0) is 62.2 Å². The van der Waals surface area contributed by atoms with Crippen molar-refractivity contribution in [1.29, 1.82) is 0 Å². The third-order valence-corrected chi connectivity index (χ3v) is 8.09. The zero-order chi connectivity index (χ0) is 29.5. The Morgan fingerprint density at radius 3 is 2.74 bits per heavy atom. The number of methoxy groups -OCH3 is 1. The van der Waals surface area contributed by atoms with Gasteiger partial charge in [0.25, 0.3) is 11.8 Å². The summed E-state index contributed by atoms with van der Waals surface area (Å²) in [6.07, 6.45) is 1.97. The highest BCUT2D eigenvalue weighted by atomic mass is 16.5. The molecule has 3 atom stereocenters. The van der Waals surface area contributed by atoms with Gasteiger partial charge in [0.1, 0.15) is 24.2 Å². The van der Waals surface area contributed by atoms with Crippen LogP contribution >= 0.6 is 0 Å². The maximum Gasteiger partial charge on any atom is 0.257 e. The number of hydrogen-bond acceptors (Lipinski definition) is 8. The van der Waals surface area contributed by atoms with Crippen LogP contribution in [0, 0.1) is 0 Å². The first kappa shape index (κ1) is 29.8. The molecule has 5 rings (SSSR count). The minimum absolute atomic E-state index is 0.0227. The molecule has 0 spiro atoms. The van der Waals surface area contributed by atoms with Crippen LogP contribution in [0.4, 0.5) is 5.69 Å². The van der Waals surface area contributed by atoms with E-state index in [1.54, 1.807) is 61.5 Å². The number of carbonyl (C=O) groups excluding carboxylic acids is 3. The van der Waals surface area contributed by atoms with Crippen molar-refractivity contribution in [1.82, 2.24) is 15.1 Å². The van der Waals surface area contributed by atoms with E-state index in [9.17, 15) is 14.4 Å². The lowest BCUT2D eigenvalue weighted by Crippen LogP contribution is -2.54. The van der Waals surface area contributed by atoms with Crippen molar-refractivity contribution in [2.75, 3.05) is 65.5 Å². The van der Waals surface area contributed by atoms with E-state index in [-0.39, 0.29) is 49.0 Å². The third kappa shape index (κ3) is 7.39. The van der Waals surface area contributed by atoms with Crippen LogP contribution in [0.2, 0.25) is 0 Å². The summed E-state index contributed by atoms with van der Waals surface area (Å²) >= 11 is 0. The number of likely N-dealkylation sites (N-methyl/N-ethyl adjacent to an activating group) is 1. The largest absolute Gasteiger partial charge is 0.497 e. The molecule has 3 amide bonds. The Bertz CT molecular complexity index is 1270. The fourth-order valence-electron chi connectivity index (χ4n) is 5.71. The van der Waals surface area contributed by atoms with Gasteiger partial charge in [-0.15, -0.1) is 0 Å². The number of benzene rings is 2. The van der Waals surface area contributed by atoms with Gasteiger partial charge in [0.15, 0.2) is 0 Å². The molecule has 3 heterocycles. The Morgan fingerprint density at radius 2 is 1.93 bits per heavy atom. The smallest absolute Gasteiger partial charge is 0.257 e. The second kappa shape index (κ2) is 14.0. The van der Waals surface area contributed by atoms with Crippen LogP contribution < -0.4 is 20.1 Å². The van der Waals surface area contributed by atoms with Crippen LogP contribution in [0.25, 0.3) is 0 Å². The molecule has 226 valence electrons. The molecule has 0 saturated carbocycles. The molecular weight excluding hydrogens is 540 g/mol. The highest BCUT2D eigenvalue weighted by Crippen LogP contribution is 2.32. The molecule has 0 aromatic heterocycles. The molecule has 3 aliphatic rings. The number of anilines is 1. The predicted octanol–water partition coefficient (Wildman–Crippen LogP) is 2.56. The normalized spacial score (nSPS) is 22.6. The molecule has 2 aromatic carbocycles. The number of amides is 3. The SMILES string of the molecule is COc1cccc(C(=O)Nc2ccc3c(c2)C(=O)N(C)[C@@H]2CC[C@@H](CC(=O)NCCCN4CCOCC4)O[C@H]2CO3)c1. The zero-order valence-corrected chi connectivity index (χ0v) is 24.3. The maximum atomic E-state index is 13.5. The molecular formula is C31H40N4O7. The summed E-state index contributed by atoms with van der Waals surface area (Å²) in [6.45, 7) is 5.26. The monoisotopic (exact) mass is 580 g/mol. The quantitative estimate of drug-likeness (QED) is 0.435. The highest BCUT2D eigenvalue weighted by Gasteiger charge is 2.39. The Morgan fingerprint density at radius 1 is 1.10 bits per heavy atom. The van der Waals surface area contributed by atoms with Crippen molar-refractivity contribution < 1.29 is 33.3 Å². The second-order valence-electron chi connectivity index (χ2n) is 10.9. The number of carbonyl (C=O) groups is 3. The lowest BCUT2D eigenvalue weighted by molar-refractivity contribution is -0.134. The number of morpholine rings is 1. The minimum atomic E-state index is -0.354. The standard InChI is InChI=1S/C31H40N4O7/c1-34-26-9-8-24(19-29(36)32-11-4-12-35-13-15-40-16-14-35)42-28(26)20-41-27-10-7-22(18-25(27)31(34)38)33-30(37)21-5-3-6-23(17-21)39-2/h3,5-7,10,17-18,24,26,28H,4,8-9,11-16,19-20H2,1-2H3,(H,32,36)(H,33,37)/t24-,26+,28-/m0/s1. The molecule has 2 fully saturated rings. The van der Waals surface area contributed by atoms with Crippen molar-refractivity contribution in [3.05, 3.63) is 53.6 Å². The van der Waals surface area contributed by atoms with Crippen molar-refractivity contribution in [2.45, 2.75) is 43.9 Å². The molecule has 2 saturated heterocycles. The van der Waals surface area contributed by atoms with E-state index in [0.29, 0.717) is 47.7 Å². The number of ether oxygens (including phenoxy) is 4. The summed E-state index contributed by atoms with van der Waals surface area (Å²) in [5, 5.41) is 5.87. The molecule has 11 heteroatoms. The van der Waals surface area contributed by atoms with Gasteiger partial charge >= 0.3 is 0 Å². The van der Waals surface area contributed by atoms with Crippen molar-refractivity contribution in [2.24, 2.45) is 0 Å². The van der Waals surface area contributed by atoms with Crippen LogP contribution in [0.15, 0.2) is 42.5 Å².